The number of piperidine rings is 1. The molecule has 6 heteroatoms. The van der Waals surface area contributed by atoms with E-state index in [0.717, 1.165) is 36.1 Å². The van der Waals surface area contributed by atoms with Gasteiger partial charge in [0, 0.05) is 19.0 Å². The highest BCUT2D eigenvalue weighted by Crippen LogP contribution is 2.30. The molecule has 3 atom stereocenters. The molecule has 1 aromatic rings. The van der Waals surface area contributed by atoms with E-state index in [1.807, 2.05) is 26.0 Å². The molecule has 2 heterocycles. The molecule has 2 saturated heterocycles. The van der Waals surface area contributed by atoms with Gasteiger partial charge in [0.1, 0.15) is 5.54 Å². The summed E-state index contributed by atoms with van der Waals surface area (Å²) in [4.78, 5) is 25.9. The Morgan fingerprint density at radius 1 is 1.28 bits per heavy atom. The van der Waals surface area contributed by atoms with Crippen molar-refractivity contribution in [1.82, 2.24) is 15.5 Å². The Balaban J connectivity index is 1.67. The first kappa shape index (κ1) is 17.9. The lowest BCUT2D eigenvalue weighted by atomic mass is 9.80. The van der Waals surface area contributed by atoms with Crippen LogP contribution in [0.5, 0.6) is 0 Å². The number of aliphatic hydroxyl groups excluding tert-OH is 1. The summed E-state index contributed by atoms with van der Waals surface area (Å²) < 4.78 is 0. The molecule has 3 rings (SSSR count). The van der Waals surface area contributed by atoms with Gasteiger partial charge in [-0.2, -0.15) is 0 Å². The topological polar surface area (TPSA) is 81.7 Å². The number of nitrogens with one attached hydrogen (secondary N) is 2. The van der Waals surface area contributed by atoms with Crippen LogP contribution >= 0.6 is 0 Å². The molecule has 25 heavy (non-hydrogen) atoms. The highest BCUT2D eigenvalue weighted by atomic mass is 16.3. The summed E-state index contributed by atoms with van der Waals surface area (Å²) in [5.41, 5.74) is 2.35. The van der Waals surface area contributed by atoms with Gasteiger partial charge in [0.2, 0.25) is 0 Å². The van der Waals surface area contributed by atoms with E-state index in [1.165, 1.54) is 0 Å². The third-order valence-corrected chi connectivity index (χ3v) is 5.45. The first-order valence-electron chi connectivity index (χ1n) is 8.90. The van der Waals surface area contributed by atoms with E-state index >= 15 is 0 Å². The Morgan fingerprint density at radius 3 is 2.56 bits per heavy atom. The monoisotopic (exact) mass is 345 g/mol. The summed E-state index contributed by atoms with van der Waals surface area (Å²) in [6, 6.07) is 5.71. The van der Waals surface area contributed by atoms with Gasteiger partial charge in [0.25, 0.3) is 5.91 Å². The SMILES string of the molecule is Cc1cc(C)cc([C@H](O)CN2CCC[C@@H]([C@]3(C)NC(=O)NC3=O)C2)c1. The molecule has 3 N–H and O–H groups in total. The van der Waals surface area contributed by atoms with E-state index in [0.29, 0.717) is 13.1 Å². The molecule has 0 unspecified atom stereocenters. The van der Waals surface area contributed by atoms with E-state index < -0.39 is 17.7 Å². The summed E-state index contributed by atoms with van der Waals surface area (Å²) in [5, 5.41) is 15.8. The molecule has 0 aliphatic carbocycles. The van der Waals surface area contributed by atoms with Crippen LogP contribution in [0.25, 0.3) is 0 Å². The molecule has 2 aliphatic heterocycles. The van der Waals surface area contributed by atoms with Crippen LogP contribution in [0, 0.1) is 19.8 Å². The molecule has 1 aromatic carbocycles. The Labute approximate surface area is 148 Å². The van der Waals surface area contributed by atoms with Gasteiger partial charge in [-0.1, -0.05) is 29.3 Å². The number of hydrogen-bond acceptors (Lipinski definition) is 4. The van der Waals surface area contributed by atoms with E-state index in [4.69, 9.17) is 0 Å². The van der Waals surface area contributed by atoms with Crippen LogP contribution in [-0.4, -0.2) is 47.1 Å². The summed E-state index contributed by atoms with van der Waals surface area (Å²) >= 11 is 0. The van der Waals surface area contributed by atoms with Gasteiger partial charge in [0.05, 0.1) is 6.10 Å². The first-order chi connectivity index (χ1) is 11.8. The summed E-state index contributed by atoms with van der Waals surface area (Å²) in [5.74, 6) is -0.210. The summed E-state index contributed by atoms with van der Waals surface area (Å²) in [6.07, 6.45) is 1.28. The molecular formula is C19H27N3O3. The average molecular weight is 345 g/mol. The van der Waals surface area contributed by atoms with Crippen molar-refractivity contribution in [2.75, 3.05) is 19.6 Å². The summed E-state index contributed by atoms with van der Waals surface area (Å²) in [6.45, 7) is 7.97. The van der Waals surface area contributed by atoms with Crippen molar-refractivity contribution >= 4 is 11.9 Å². The van der Waals surface area contributed by atoms with Crippen molar-refractivity contribution in [1.29, 1.82) is 0 Å². The maximum Gasteiger partial charge on any atom is 0.322 e. The third-order valence-electron chi connectivity index (χ3n) is 5.45. The highest BCUT2D eigenvalue weighted by Gasteiger charge is 2.48. The van der Waals surface area contributed by atoms with Crippen LogP contribution < -0.4 is 10.6 Å². The molecule has 0 saturated carbocycles. The molecule has 0 radical (unpaired) electrons. The quantitative estimate of drug-likeness (QED) is 0.725. The highest BCUT2D eigenvalue weighted by molar-refractivity contribution is 6.06. The van der Waals surface area contributed by atoms with Crippen molar-refractivity contribution < 1.29 is 14.7 Å². The maximum absolute atomic E-state index is 12.2. The van der Waals surface area contributed by atoms with Crippen molar-refractivity contribution in [3.63, 3.8) is 0 Å². The summed E-state index contributed by atoms with van der Waals surface area (Å²) in [7, 11) is 0. The normalized spacial score (nSPS) is 28.6. The lowest BCUT2D eigenvalue weighted by Crippen LogP contribution is -2.56. The number of carbonyl (C=O) groups is 2. The molecule has 0 spiro atoms. The van der Waals surface area contributed by atoms with Gasteiger partial charge in [-0.15, -0.1) is 0 Å². The van der Waals surface area contributed by atoms with Gasteiger partial charge < -0.3 is 15.3 Å². The Morgan fingerprint density at radius 2 is 1.96 bits per heavy atom. The van der Waals surface area contributed by atoms with Crippen LogP contribution in [0.15, 0.2) is 18.2 Å². The standard InChI is InChI=1S/C19H27N3O3/c1-12-7-13(2)9-14(8-12)16(23)11-22-6-4-5-15(10-22)19(3)17(24)20-18(25)21-19/h7-9,15-16,23H,4-6,10-11H2,1-3H3,(H2,20,21,24,25)/t15-,16-,19+/m1/s1. The molecule has 3 amide bonds. The van der Waals surface area contributed by atoms with Crippen LogP contribution in [0.1, 0.15) is 42.6 Å². The van der Waals surface area contributed by atoms with Crippen LogP contribution in [0.3, 0.4) is 0 Å². The second-order valence-corrected chi connectivity index (χ2v) is 7.65. The number of aryl methyl sites for hydroxylation is 2. The van der Waals surface area contributed by atoms with Gasteiger partial charge in [-0.3, -0.25) is 10.1 Å². The van der Waals surface area contributed by atoms with Crippen molar-refractivity contribution in [2.45, 2.75) is 45.3 Å². The van der Waals surface area contributed by atoms with Crippen molar-refractivity contribution in [2.24, 2.45) is 5.92 Å². The van der Waals surface area contributed by atoms with E-state index in [1.54, 1.807) is 6.92 Å². The second kappa shape index (κ2) is 6.77. The second-order valence-electron chi connectivity index (χ2n) is 7.65. The van der Waals surface area contributed by atoms with E-state index in [2.05, 4.69) is 21.6 Å². The lowest BCUT2D eigenvalue weighted by Gasteiger charge is -2.40. The minimum atomic E-state index is -0.860. The van der Waals surface area contributed by atoms with Gasteiger partial charge in [-0.25, -0.2) is 4.79 Å². The number of urea groups is 1. The number of benzene rings is 1. The number of nitrogens with zero attached hydrogens (tertiary/aromatic N) is 1. The minimum Gasteiger partial charge on any atom is -0.387 e. The zero-order chi connectivity index (χ0) is 18.2. The molecule has 136 valence electrons. The van der Waals surface area contributed by atoms with Crippen molar-refractivity contribution in [3.05, 3.63) is 34.9 Å². The molecule has 2 aliphatic rings. The van der Waals surface area contributed by atoms with E-state index in [-0.39, 0.29) is 11.8 Å². The Kier molecular flexibility index (Phi) is 4.84. The molecule has 0 bridgehead atoms. The zero-order valence-corrected chi connectivity index (χ0v) is 15.1. The fraction of sp³-hybridized carbons (Fsp3) is 0.579. The lowest BCUT2D eigenvalue weighted by molar-refractivity contribution is -0.126. The molecule has 6 nitrogen and oxygen atoms in total. The molecule has 0 aromatic heterocycles. The number of aliphatic hydroxyl groups is 1. The smallest absolute Gasteiger partial charge is 0.322 e. The molecular weight excluding hydrogens is 318 g/mol. The number of β-amino-alcohol motifs (C(OH)–C–C–N with tert-alkyl or cyclic N) is 1. The van der Waals surface area contributed by atoms with Crippen molar-refractivity contribution in [3.8, 4) is 0 Å². The maximum atomic E-state index is 12.2. The van der Waals surface area contributed by atoms with Gasteiger partial charge in [-0.05, 0) is 45.7 Å². The fourth-order valence-corrected chi connectivity index (χ4v) is 4.09. The number of rotatable bonds is 4. The van der Waals surface area contributed by atoms with Crippen LogP contribution in [-0.2, 0) is 4.79 Å². The number of imide groups is 1. The molecule has 2 fully saturated rings. The van der Waals surface area contributed by atoms with E-state index in [9.17, 15) is 14.7 Å². The van der Waals surface area contributed by atoms with Crippen LogP contribution in [0.4, 0.5) is 4.79 Å². The predicted molar refractivity (Wildman–Crippen MR) is 95.1 cm³/mol. The zero-order valence-electron chi connectivity index (χ0n) is 15.1. The third kappa shape index (κ3) is 3.70. The minimum absolute atomic E-state index is 0.0409. The predicted octanol–water partition coefficient (Wildman–Crippen LogP) is 1.65. The first-order valence-corrected chi connectivity index (χ1v) is 8.90. The average Bonchev–Trinajstić information content (AvgIpc) is 2.80. The van der Waals surface area contributed by atoms with Gasteiger partial charge >= 0.3 is 6.03 Å². The Bertz CT molecular complexity index is 670. The van der Waals surface area contributed by atoms with Gasteiger partial charge in [0.15, 0.2) is 0 Å². The largest absolute Gasteiger partial charge is 0.387 e. The fourth-order valence-electron chi connectivity index (χ4n) is 4.09. The Hall–Kier alpha value is -1.92. The number of carbonyl (C=O) groups excluding carboxylic acids is 2. The number of amides is 3. The number of likely N-dealkylation sites (tertiary alicyclic amines) is 1. The van der Waals surface area contributed by atoms with Crippen LogP contribution in [0.2, 0.25) is 0 Å². The number of hydrogen-bond donors (Lipinski definition) is 3.